The molecule has 0 atom stereocenters. The van der Waals surface area contributed by atoms with Crippen molar-refractivity contribution >= 4 is 17.8 Å². The standard InChI is InChI=1S/C14H10N2O6/c1-8-6-11(15-21-8)20-7-12(17)22-16-13(18)9-4-2-3-5-10(9)14(16)19/h2-6H,7H2,1H3. The van der Waals surface area contributed by atoms with Crippen LogP contribution in [0.3, 0.4) is 0 Å². The topological polar surface area (TPSA) is 98.9 Å². The Balaban J connectivity index is 1.63. The van der Waals surface area contributed by atoms with E-state index in [1.807, 2.05) is 0 Å². The third-order valence-electron chi connectivity index (χ3n) is 2.89. The number of aryl methyl sites for hydroxylation is 1. The second kappa shape index (κ2) is 5.32. The first-order valence-corrected chi connectivity index (χ1v) is 6.31. The molecule has 22 heavy (non-hydrogen) atoms. The maximum absolute atomic E-state index is 12.0. The summed E-state index contributed by atoms with van der Waals surface area (Å²) in [6.07, 6.45) is 0. The highest BCUT2D eigenvalue weighted by molar-refractivity contribution is 6.20. The van der Waals surface area contributed by atoms with Crippen LogP contribution in [0.15, 0.2) is 34.9 Å². The summed E-state index contributed by atoms with van der Waals surface area (Å²) in [5, 5.41) is 3.95. The number of rotatable bonds is 4. The zero-order chi connectivity index (χ0) is 15.7. The first-order chi connectivity index (χ1) is 10.6. The van der Waals surface area contributed by atoms with Gasteiger partial charge in [-0.1, -0.05) is 17.2 Å². The monoisotopic (exact) mass is 302 g/mol. The Morgan fingerprint density at radius 2 is 1.86 bits per heavy atom. The summed E-state index contributed by atoms with van der Waals surface area (Å²) in [4.78, 5) is 40.4. The van der Waals surface area contributed by atoms with Gasteiger partial charge in [0.1, 0.15) is 5.76 Å². The van der Waals surface area contributed by atoms with Crippen molar-refractivity contribution in [1.82, 2.24) is 10.2 Å². The lowest BCUT2D eigenvalue weighted by Gasteiger charge is -2.12. The van der Waals surface area contributed by atoms with E-state index in [1.165, 1.54) is 18.2 Å². The fourth-order valence-electron chi connectivity index (χ4n) is 1.92. The van der Waals surface area contributed by atoms with Gasteiger partial charge in [-0.25, -0.2) is 4.79 Å². The highest BCUT2D eigenvalue weighted by Crippen LogP contribution is 2.22. The largest absolute Gasteiger partial charge is 0.463 e. The van der Waals surface area contributed by atoms with Gasteiger partial charge in [-0.3, -0.25) is 9.59 Å². The number of fused-ring (bicyclic) bond motifs is 1. The highest BCUT2D eigenvalue weighted by atomic mass is 16.7. The van der Waals surface area contributed by atoms with E-state index in [4.69, 9.17) is 14.1 Å². The fraction of sp³-hybridized carbons (Fsp3) is 0.143. The molecule has 8 heteroatoms. The number of nitrogens with zero attached hydrogens (tertiary/aromatic N) is 2. The number of hydroxylamine groups is 2. The number of amides is 2. The maximum atomic E-state index is 12.0. The number of hydrogen-bond donors (Lipinski definition) is 0. The Bertz CT molecular complexity index is 731. The van der Waals surface area contributed by atoms with Crippen LogP contribution in [-0.4, -0.2) is 34.6 Å². The second-order valence-corrected chi connectivity index (χ2v) is 4.48. The molecule has 0 fully saturated rings. The summed E-state index contributed by atoms with van der Waals surface area (Å²) >= 11 is 0. The lowest BCUT2D eigenvalue weighted by molar-refractivity contribution is -0.170. The van der Waals surface area contributed by atoms with Gasteiger partial charge in [-0.05, 0) is 24.2 Å². The molecule has 0 radical (unpaired) electrons. The van der Waals surface area contributed by atoms with E-state index >= 15 is 0 Å². The van der Waals surface area contributed by atoms with Crippen LogP contribution in [0.1, 0.15) is 26.5 Å². The minimum Gasteiger partial charge on any atom is -0.463 e. The number of ether oxygens (including phenoxy) is 1. The highest BCUT2D eigenvalue weighted by Gasteiger charge is 2.38. The third kappa shape index (κ3) is 2.41. The Labute approximate surface area is 124 Å². The Hall–Kier alpha value is -3.16. The lowest BCUT2D eigenvalue weighted by atomic mass is 10.1. The van der Waals surface area contributed by atoms with Gasteiger partial charge in [0, 0.05) is 6.07 Å². The van der Waals surface area contributed by atoms with Crippen LogP contribution < -0.4 is 4.74 Å². The van der Waals surface area contributed by atoms with Gasteiger partial charge >= 0.3 is 5.97 Å². The molecule has 0 saturated heterocycles. The second-order valence-electron chi connectivity index (χ2n) is 4.48. The molecule has 8 nitrogen and oxygen atoms in total. The fourth-order valence-corrected chi connectivity index (χ4v) is 1.92. The molecule has 2 heterocycles. The molecule has 2 amide bonds. The zero-order valence-electron chi connectivity index (χ0n) is 11.4. The van der Waals surface area contributed by atoms with Crippen molar-refractivity contribution in [2.75, 3.05) is 6.61 Å². The summed E-state index contributed by atoms with van der Waals surface area (Å²) in [7, 11) is 0. The third-order valence-corrected chi connectivity index (χ3v) is 2.89. The summed E-state index contributed by atoms with van der Waals surface area (Å²) < 4.78 is 9.78. The van der Waals surface area contributed by atoms with Crippen molar-refractivity contribution in [2.45, 2.75) is 6.92 Å². The minimum atomic E-state index is -0.907. The molecular formula is C14H10N2O6. The van der Waals surface area contributed by atoms with Gasteiger partial charge in [0.2, 0.25) is 0 Å². The predicted molar refractivity (Wildman–Crippen MR) is 69.8 cm³/mol. The van der Waals surface area contributed by atoms with Crippen molar-refractivity contribution in [3.63, 3.8) is 0 Å². The van der Waals surface area contributed by atoms with Gasteiger partial charge in [0.15, 0.2) is 6.61 Å². The normalized spacial score (nSPS) is 13.2. The van der Waals surface area contributed by atoms with E-state index in [0.29, 0.717) is 10.8 Å². The molecule has 1 aromatic heterocycles. The molecule has 112 valence electrons. The van der Waals surface area contributed by atoms with E-state index in [2.05, 4.69) is 5.16 Å². The first kappa shape index (κ1) is 13.8. The van der Waals surface area contributed by atoms with Gasteiger partial charge in [-0.15, -0.1) is 0 Å². The van der Waals surface area contributed by atoms with Gasteiger partial charge < -0.3 is 14.1 Å². The summed E-state index contributed by atoms with van der Waals surface area (Å²) in [5.74, 6) is -1.66. The lowest BCUT2D eigenvalue weighted by Crippen LogP contribution is -2.34. The predicted octanol–water partition coefficient (Wildman–Crippen LogP) is 1.12. The van der Waals surface area contributed by atoms with Crippen molar-refractivity contribution < 1.29 is 28.5 Å². The first-order valence-electron chi connectivity index (χ1n) is 6.31. The number of carbonyl (C=O) groups is 3. The van der Waals surface area contributed by atoms with E-state index < -0.39 is 24.4 Å². The average molecular weight is 302 g/mol. The van der Waals surface area contributed by atoms with Crippen LogP contribution >= 0.6 is 0 Å². The maximum Gasteiger partial charge on any atom is 0.370 e. The van der Waals surface area contributed by atoms with E-state index in [1.54, 1.807) is 19.1 Å². The number of imide groups is 1. The van der Waals surface area contributed by atoms with E-state index in [9.17, 15) is 14.4 Å². The van der Waals surface area contributed by atoms with Crippen LogP contribution in [0.5, 0.6) is 5.88 Å². The molecule has 2 aromatic rings. The molecule has 1 aliphatic heterocycles. The molecule has 0 unspecified atom stereocenters. The minimum absolute atomic E-state index is 0.108. The molecule has 0 N–H and O–H groups in total. The molecule has 0 saturated carbocycles. The van der Waals surface area contributed by atoms with Crippen LogP contribution in [0, 0.1) is 6.92 Å². The Morgan fingerprint density at radius 3 is 2.41 bits per heavy atom. The number of carbonyl (C=O) groups excluding carboxylic acids is 3. The van der Waals surface area contributed by atoms with E-state index in [-0.39, 0.29) is 17.0 Å². The van der Waals surface area contributed by atoms with Gasteiger partial charge in [0.25, 0.3) is 17.7 Å². The molecule has 3 rings (SSSR count). The molecule has 0 spiro atoms. The summed E-state index contributed by atoms with van der Waals surface area (Å²) in [6.45, 7) is 1.15. The summed E-state index contributed by atoms with van der Waals surface area (Å²) in [5.41, 5.74) is 0.377. The van der Waals surface area contributed by atoms with Crippen molar-refractivity contribution in [1.29, 1.82) is 0 Å². The zero-order valence-corrected chi connectivity index (χ0v) is 11.4. The number of benzene rings is 1. The molecule has 0 aliphatic carbocycles. The van der Waals surface area contributed by atoms with Crippen LogP contribution in [0.25, 0.3) is 0 Å². The summed E-state index contributed by atoms with van der Waals surface area (Å²) in [6, 6.07) is 7.68. The SMILES string of the molecule is Cc1cc(OCC(=O)ON2C(=O)c3ccccc3C2=O)no1. The quantitative estimate of drug-likeness (QED) is 0.780. The van der Waals surface area contributed by atoms with Gasteiger partial charge in [-0.2, -0.15) is 0 Å². The van der Waals surface area contributed by atoms with Crippen molar-refractivity contribution in [3.8, 4) is 5.88 Å². The Morgan fingerprint density at radius 1 is 1.23 bits per heavy atom. The average Bonchev–Trinajstić information content (AvgIpc) is 3.03. The van der Waals surface area contributed by atoms with Crippen LogP contribution in [0.4, 0.5) is 0 Å². The van der Waals surface area contributed by atoms with Crippen molar-refractivity contribution in [2.24, 2.45) is 0 Å². The van der Waals surface area contributed by atoms with Crippen molar-refractivity contribution in [3.05, 3.63) is 47.2 Å². The smallest absolute Gasteiger partial charge is 0.370 e. The molecule has 1 aromatic carbocycles. The number of hydrogen-bond acceptors (Lipinski definition) is 7. The Kier molecular flexibility index (Phi) is 3.34. The van der Waals surface area contributed by atoms with Gasteiger partial charge in [0.05, 0.1) is 11.1 Å². The molecular weight excluding hydrogens is 292 g/mol. The molecule has 0 bridgehead atoms. The molecule has 1 aliphatic rings. The van der Waals surface area contributed by atoms with E-state index in [0.717, 1.165) is 0 Å². The van der Waals surface area contributed by atoms with Crippen LogP contribution in [-0.2, 0) is 9.63 Å². The number of aromatic nitrogens is 1. The van der Waals surface area contributed by atoms with Crippen LogP contribution in [0.2, 0.25) is 0 Å².